The van der Waals surface area contributed by atoms with E-state index in [0.29, 0.717) is 6.54 Å². The number of fused-ring (bicyclic) bond motifs is 3. The molecule has 1 aromatic heterocycles. The molecule has 2 aromatic carbocycles. The highest BCUT2D eigenvalue weighted by atomic mass is 16.2. The minimum atomic E-state index is -0.239. The number of nitrogens with zero attached hydrogens (tertiary/aromatic N) is 3. The van der Waals surface area contributed by atoms with Crippen LogP contribution in [0.4, 0.5) is 5.95 Å². The molecule has 2 aliphatic rings. The van der Waals surface area contributed by atoms with Crippen molar-refractivity contribution in [3.05, 3.63) is 60.2 Å². The van der Waals surface area contributed by atoms with Crippen LogP contribution in [-0.4, -0.2) is 28.0 Å². The van der Waals surface area contributed by atoms with E-state index in [1.807, 2.05) is 41.3 Å². The summed E-state index contributed by atoms with van der Waals surface area (Å²) in [6, 6.07) is 18.2. The summed E-state index contributed by atoms with van der Waals surface area (Å²) in [7, 11) is 0. The normalized spacial score (nSPS) is 22.5. The van der Waals surface area contributed by atoms with E-state index < -0.39 is 0 Å². The highest BCUT2D eigenvalue weighted by Crippen LogP contribution is 2.29. The van der Waals surface area contributed by atoms with Crippen molar-refractivity contribution >= 4 is 22.9 Å². The molecule has 1 saturated heterocycles. The van der Waals surface area contributed by atoms with Gasteiger partial charge in [-0.25, -0.2) is 15.8 Å². The Balaban J connectivity index is 1.38. The molecule has 3 heterocycles. The third kappa shape index (κ3) is 2.33. The number of hydrogen-bond acceptors (Lipinski definition) is 4. The Morgan fingerprint density at radius 1 is 1.00 bits per heavy atom. The Morgan fingerprint density at radius 2 is 1.80 bits per heavy atom. The molecule has 0 radical (unpaired) electrons. The fourth-order valence-corrected chi connectivity index (χ4v) is 3.81. The highest BCUT2D eigenvalue weighted by molar-refractivity contribution is 5.98. The standard InChI is InChI=1S/C19H19N5O/c25-18(16-12-15(21-22-16)13-6-2-1-3-7-13)24-11-10-23-17-9-5-4-8-14(17)20-19(23)24/h1-9,15-16,21-22H,10-12H2. The lowest BCUT2D eigenvalue weighted by Gasteiger charge is -2.18. The van der Waals surface area contributed by atoms with Crippen molar-refractivity contribution < 1.29 is 4.79 Å². The van der Waals surface area contributed by atoms with E-state index in [2.05, 4.69) is 38.6 Å². The van der Waals surface area contributed by atoms with Crippen LogP contribution in [0.2, 0.25) is 0 Å². The summed E-state index contributed by atoms with van der Waals surface area (Å²) in [5.74, 6) is 0.844. The maximum Gasteiger partial charge on any atom is 0.247 e. The van der Waals surface area contributed by atoms with Crippen molar-refractivity contribution in [1.29, 1.82) is 0 Å². The molecule has 2 aliphatic heterocycles. The molecule has 0 bridgehead atoms. The van der Waals surface area contributed by atoms with Gasteiger partial charge in [0.15, 0.2) is 0 Å². The first-order valence-corrected chi connectivity index (χ1v) is 8.64. The predicted molar refractivity (Wildman–Crippen MR) is 95.9 cm³/mol. The minimum Gasteiger partial charge on any atom is -0.308 e. The number of hydrogen-bond donors (Lipinski definition) is 2. The maximum atomic E-state index is 13.0. The van der Waals surface area contributed by atoms with Crippen molar-refractivity contribution in [2.45, 2.75) is 25.0 Å². The number of aromatic nitrogens is 2. The van der Waals surface area contributed by atoms with Gasteiger partial charge >= 0.3 is 0 Å². The van der Waals surface area contributed by atoms with Crippen LogP contribution >= 0.6 is 0 Å². The molecule has 2 N–H and O–H groups in total. The molecular formula is C19H19N5O. The number of benzene rings is 2. The van der Waals surface area contributed by atoms with E-state index in [1.54, 1.807) is 0 Å². The van der Waals surface area contributed by atoms with Gasteiger partial charge in [-0.1, -0.05) is 42.5 Å². The van der Waals surface area contributed by atoms with Crippen LogP contribution in [0.5, 0.6) is 0 Å². The summed E-state index contributed by atoms with van der Waals surface area (Å²) in [5.41, 5.74) is 9.64. The lowest BCUT2D eigenvalue weighted by Crippen LogP contribution is -2.45. The number of para-hydroxylation sites is 2. The van der Waals surface area contributed by atoms with Crippen LogP contribution in [-0.2, 0) is 11.3 Å². The van der Waals surface area contributed by atoms with E-state index >= 15 is 0 Å². The summed E-state index contributed by atoms with van der Waals surface area (Å²) in [6.07, 6.45) is 0.736. The number of nitrogens with one attached hydrogen (secondary N) is 2. The molecule has 25 heavy (non-hydrogen) atoms. The summed E-state index contributed by atoms with van der Waals surface area (Å²) >= 11 is 0. The first-order chi connectivity index (χ1) is 12.3. The van der Waals surface area contributed by atoms with Crippen LogP contribution < -0.4 is 15.8 Å². The molecule has 0 saturated carbocycles. The maximum absolute atomic E-state index is 13.0. The van der Waals surface area contributed by atoms with Crippen LogP contribution in [0.15, 0.2) is 54.6 Å². The summed E-state index contributed by atoms with van der Waals surface area (Å²) < 4.78 is 2.13. The second-order valence-electron chi connectivity index (χ2n) is 6.58. The van der Waals surface area contributed by atoms with Gasteiger partial charge in [-0.3, -0.25) is 9.69 Å². The zero-order valence-electron chi connectivity index (χ0n) is 13.7. The number of carbonyl (C=O) groups excluding carboxylic acids is 1. The highest BCUT2D eigenvalue weighted by Gasteiger charge is 2.37. The molecule has 1 amide bonds. The molecule has 3 aromatic rings. The van der Waals surface area contributed by atoms with E-state index in [9.17, 15) is 4.79 Å². The number of hydrazine groups is 1. The average Bonchev–Trinajstić information content (AvgIpc) is 3.37. The van der Waals surface area contributed by atoms with Gasteiger partial charge in [0, 0.05) is 19.1 Å². The van der Waals surface area contributed by atoms with Crippen molar-refractivity contribution in [2.24, 2.45) is 0 Å². The molecule has 2 atom stereocenters. The van der Waals surface area contributed by atoms with Gasteiger partial charge in [0.2, 0.25) is 11.9 Å². The first-order valence-electron chi connectivity index (χ1n) is 8.64. The zero-order chi connectivity index (χ0) is 16.8. The number of imidazole rings is 1. The van der Waals surface area contributed by atoms with Gasteiger partial charge in [-0.15, -0.1) is 0 Å². The van der Waals surface area contributed by atoms with Crippen LogP contribution in [0.3, 0.4) is 0 Å². The van der Waals surface area contributed by atoms with Gasteiger partial charge in [0.05, 0.1) is 11.0 Å². The van der Waals surface area contributed by atoms with E-state index in [1.165, 1.54) is 5.56 Å². The first kappa shape index (κ1) is 14.6. The zero-order valence-corrected chi connectivity index (χ0v) is 13.7. The Hall–Kier alpha value is -2.70. The molecule has 1 fully saturated rings. The number of anilines is 1. The van der Waals surface area contributed by atoms with Crippen LogP contribution in [0.1, 0.15) is 18.0 Å². The van der Waals surface area contributed by atoms with E-state index in [0.717, 1.165) is 29.9 Å². The lowest BCUT2D eigenvalue weighted by molar-refractivity contribution is -0.120. The van der Waals surface area contributed by atoms with Gasteiger partial charge in [0.1, 0.15) is 6.04 Å². The lowest BCUT2D eigenvalue weighted by atomic mass is 10.0. The molecule has 6 nitrogen and oxygen atoms in total. The third-order valence-corrected chi connectivity index (χ3v) is 5.09. The minimum absolute atomic E-state index is 0.0833. The van der Waals surface area contributed by atoms with Gasteiger partial charge < -0.3 is 4.57 Å². The topological polar surface area (TPSA) is 62.2 Å². The van der Waals surface area contributed by atoms with E-state index in [4.69, 9.17) is 0 Å². The second kappa shape index (κ2) is 5.68. The van der Waals surface area contributed by atoms with Crippen LogP contribution in [0.25, 0.3) is 11.0 Å². The smallest absolute Gasteiger partial charge is 0.247 e. The molecule has 0 aliphatic carbocycles. The Kier molecular flexibility index (Phi) is 3.33. The van der Waals surface area contributed by atoms with Gasteiger partial charge in [0.25, 0.3) is 0 Å². The van der Waals surface area contributed by atoms with Crippen molar-refractivity contribution in [1.82, 2.24) is 20.4 Å². The number of amides is 1. The van der Waals surface area contributed by atoms with Crippen LogP contribution in [0, 0.1) is 0 Å². The summed E-state index contributed by atoms with van der Waals surface area (Å²) in [4.78, 5) is 19.5. The fourth-order valence-electron chi connectivity index (χ4n) is 3.81. The molecule has 5 rings (SSSR count). The third-order valence-electron chi connectivity index (χ3n) is 5.09. The Bertz CT molecular complexity index is 935. The second-order valence-corrected chi connectivity index (χ2v) is 6.58. The summed E-state index contributed by atoms with van der Waals surface area (Å²) in [5, 5.41) is 0. The largest absolute Gasteiger partial charge is 0.308 e. The van der Waals surface area contributed by atoms with Crippen molar-refractivity contribution in [2.75, 3.05) is 11.4 Å². The van der Waals surface area contributed by atoms with Crippen molar-refractivity contribution in [3.8, 4) is 0 Å². The monoisotopic (exact) mass is 333 g/mol. The number of rotatable bonds is 2. The molecule has 6 heteroatoms. The fraction of sp³-hybridized carbons (Fsp3) is 0.263. The quantitative estimate of drug-likeness (QED) is 0.753. The molecule has 2 unspecified atom stereocenters. The van der Waals surface area contributed by atoms with Gasteiger partial charge in [-0.2, -0.15) is 0 Å². The SMILES string of the molecule is O=C(C1CC(c2ccccc2)NN1)N1CCn2c1nc1ccccc12. The average molecular weight is 333 g/mol. The van der Waals surface area contributed by atoms with E-state index in [-0.39, 0.29) is 18.0 Å². The molecular weight excluding hydrogens is 314 g/mol. The molecule has 0 spiro atoms. The Morgan fingerprint density at radius 3 is 2.68 bits per heavy atom. The Labute approximate surface area is 145 Å². The summed E-state index contributed by atoms with van der Waals surface area (Å²) in [6.45, 7) is 1.48. The molecule has 126 valence electrons. The number of carbonyl (C=O) groups is 1. The van der Waals surface area contributed by atoms with Gasteiger partial charge in [-0.05, 0) is 24.1 Å². The predicted octanol–water partition coefficient (Wildman–Crippen LogP) is 1.99. The van der Waals surface area contributed by atoms with Crippen molar-refractivity contribution in [3.63, 3.8) is 0 Å².